The van der Waals surface area contributed by atoms with Gasteiger partial charge in [0.2, 0.25) is 5.95 Å². The number of aromatic nitrogens is 4. The average molecular weight is 369 g/mol. The lowest BCUT2D eigenvalue weighted by molar-refractivity contribution is 0.191. The van der Waals surface area contributed by atoms with Gasteiger partial charge < -0.3 is 10.6 Å². The zero-order valence-corrected chi connectivity index (χ0v) is 16.1. The number of anilines is 2. The quantitative estimate of drug-likeness (QED) is 0.759. The number of rotatable bonds is 3. The Hall–Kier alpha value is -2.32. The predicted molar refractivity (Wildman–Crippen MR) is 106 cm³/mol. The van der Waals surface area contributed by atoms with Gasteiger partial charge in [-0.2, -0.15) is 0 Å². The van der Waals surface area contributed by atoms with Crippen LogP contribution < -0.4 is 10.6 Å². The first-order valence-corrected chi connectivity index (χ1v) is 9.65. The van der Waals surface area contributed by atoms with E-state index in [-0.39, 0.29) is 6.04 Å². The van der Waals surface area contributed by atoms with E-state index >= 15 is 0 Å². The van der Waals surface area contributed by atoms with Crippen molar-refractivity contribution in [3.63, 3.8) is 0 Å². The molecule has 136 valence electrons. The molecule has 2 N–H and O–H groups in total. The van der Waals surface area contributed by atoms with Crippen LogP contribution in [0.1, 0.15) is 29.2 Å². The van der Waals surface area contributed by atoms with Gasteiger partial charge in [-0.25, -0.2) is 19.9 Å². The van der Waals surface area contributed by atoms with Gasteiger partial charge in [0.1, 0.15) is 16.5 Å². The van der Waals surface area contributed by atoms with Crippen LogP contribution in [0.3, 0.4) is 0 Å². The number of hydrogen-bond acceptors (Lipinski definition) is 8. The van der Waals surface area contributed by atoms with Crippen molar-refractivity contribution in [2.75, 3.05) is 36.8 Å². The van der Waals surface area contributed by atoms with Crippen molar-refractivity contribution in [1.82, 2.24) is 24.8 Å². The number of nitrogens with zero attached hydrogens (tertiary/aromatic N) is 6. The van der Waals surface area contributed by atoms with Gasteiger partial charge in [-0.3, -0.25) is 4.90 Å². The molecule has 0 unspecified atom stereocenters. The minimum absolute atomic E-state index is 0.128. The topological polar surface area (TPSA) is 84.1 Å². The van der Waals surface area contributed by atoms with E-state index in [1.54, 1.807) is 23.7 Å². The Bertz CT molecular complexity index is 916. The normalized spacial score (nSPS) is 17.0. The summed E-state index contributed by atoms with van der Waals surface area (Å²) >= 11 is 1.69. The Morgan fingerprint density at radius 3 is 2.46 bits per heavy atom. The van der Waals surface area contributed by atoms with Gasteiger partial charge in [0.05, 0.1) is 11.4 Å². The molecule has 0 radical (unpaired) electrons. The fraction of sp³-hybridized carbons (Fsp3) is 0.444. The standard InChI is InChI=1S/C18H23N7S/c1-11-13(3)26-17-14(11)15(19)22-16(23-17)12(2)24-7-9-25(10-8-24)18-20-5-4-6-21-18/h4-6,12H,7-10H2,1-3H3,(H2,19,22,23)/t12-/m1/s1. The summed E-state index contributed by atoms with van der Waals surface area (Å²) in [6.45, 7) is 9.97. The van der Waals surface area contributed by atoms with E-state index in [1.807, 2.05) is 6.07 Å². The first-order chi connectivity index (χ1) is 12.5. The number of nitrogen functional groups attached to an aromatic ring is 1. The molecular formula is C18H23N7S. The van der Waals surface area contributed by atoms with Gasteiger partial charge in [0.25, 0.3) is 0 Å². The maximum Gasteiger partial charge on any atom is 0.225 e. The Labute approximate surface area is 156 Å². The molecule has 8 heteroatoms. The molecule has 4 rings (SSSR count). The third-order valence-electron chi connectivity index (χ3n) is 5.14. The lowest BCUT2D eigenvalue weighted by atomic mass is 10.2. The average Bonchev–Trinajstić information content (AvgIpc) is 2.96. The molecule has 7 nitrogen and oxygen atoms in total. The van der Waals surface area contributed by atoms with Crippen molar-refractivity contribution < 1.29 is 0 Å². The SMILES string of the molecule is Cc1sc2nc([C@@H](C)N3CCN(c4ncccn4)CC3)nc(N)c2c1C. The molecule has 0 spiro atoms. The van der Waals surface area contributed by atoms with E-state index < -0.39 is 0 Å². The maximum atomic E-state index is 6.25. The van der Waals surface area contributed by atoms with Crippen molar-refractivity contribution in [1.29, 1.82) is 0 Å². The number of fused-ring (bicyclic) bond motifs is 1. The lowest BCUT2D eigenvalue weighted by Gasteiger charge is -2.37. The molecule has 0 aliphatic carbocycles. The molecule has 1 atom stereocenters. The lowest BCUT2D eigenvalue weighted by Crippen LogP contribution is -2.48. The van der Waals surface area contributed by atoms with E-state index in [2.05, 4.69) is 45.5 Å². The second-order valence-electron chi connectivity index (χ2n) is 6.68. The summed E-state index contributed by atoms with van der Waals surface area (Å²) in [7, 11) is 0. The minimum Gasteiger partial charge on any atom is -0.383 e. The van der Waals surface area contributed by atoms with E-state index in [1.165, 1.54) is 10.4 Å². The van der Waals surface area contributed by atoms with Crippen molar-refractivity contribution in [3.8, 4) is 0 Å². The molecular weight excluding hydrogens is 346 g/mol. The Balaban J connectivity index is 1.52. The molecule has 1 saturated heterocycles. The molecule has 1 aliphatic rings. The third-order valence-corrected chi connectivity index (χ3v) is 6.25. The maximum absolute atomic E-state index is 6.25. The Morgan fingerprint density at radius 1 is 1.08 bits per heavy atom. The highest BCUT2D eigenvalue weighted by molar-refractivity contribution is 7.18. The number of piperazine rings is 1. The number of thiophene rings is 1. The first kappa shape index (κ1) is 17.1. The summed E-state index contributed by atoms with van der Waals surface area (Å²) in [6.07, 6.45) is 3.57. The molecule has 3 aromatic rings. The summed E-state index contributed by atoms with van der Waals surface area (Å²) in [4.78, 5) is 25.0. The summed E-state index contributed by atoms with van der Waals surface area (Å²) in [5.74, 6) is 2.20. The summed E-state index contributed by atoms with van der Waals surface area (Å²) in [6, 6.07) is 1.97. The molecule has 4 heterocycles. The van der Waals surface area contributed by atoms with E-state index in [9.17, 15) is 0 Å². The number of hydrogen-bond donors (Lipinski definition) is 1. The van der Waals surface area contributed by atoms with Crippen LogP contribution in [-0.2, 0) is 0 Å². The summed E-state index contributed by atoms with van der Waals surface area (Å²) in [5.41, 5.74) is 7.44. The molecule has 0 amide bonds. The highest BCUT2D eigenvalue weighted by atomic mass is 32.1. The minimum atomic E-state index is 0.128. The van der Waals surface area contributed by atoms with Crippen LogP contribution in [0.4, 0.5) is 11.8 Å². The van der Waals surface area contributed by atoms with Crippen LogP contribution in [-0.4, -0.2) is 51.0 Å². The zero-order valence-electron chi connectivity index (χ0n) is 15.3. The van der Waals surface area contributed by atoms with E-state index in [0.717, 1.165) is 48.2 Å². The molecule has 0 aromatic carbocycles. The van der Waals surface area contributed by atoms with Gasteiger partial charge in [0, 0.05) is 43.4 Å². The monoisotopic (exact) mass is 369 g/mol. The Morgan fingerprint density at radius 2 is 1.77 bits per heavy atom. The third kappa shape index (κ3) is 2.99. The predicted octanol–water partition coefficient (Wildman–Crippen LogP) is 2.56. The fourth-order valence-electron chi connectivity index (χ4n) is 3.41. The van der Waals surface area contributed by atoms with Crippen LogP contribution in [0.5, 0.6) is 0 Å². The van der Waals surface area contributed by atoms with Gasteiger partial charge in [-0.15, -0.1) is 11.3 Å². The Kier molecular flexibility index (Phi) is 4.46. The van der Waals surface area contributed by atoms with E-state index in [0.29, 0.717) is 5.82 Å². The smallest absolute Gasteiger partial charge is 0.225 e. The van der Waals surface area contributed by atoms with Crippen molar-refractivity contribution in [3.05, 3.63) is 34.7 Å². The van der Waals surface area contributed by atoms with Crippen LogP contribution in [0.15, 0.2) is 18.5 Å². The summed E-state index contributed by atoms with van der Waals surface area (Å²) < 4.78 is 0. The highest BCUT2D eigenvalue weighted by Crippen LogP contribution is 2.33. The van der Waals surface area contributed by atoms with Gasteiger partial charge in [-0.1, -0.05) is 0 Å². The molecule has 26 heavy (non-hydrogen) atoms. The van der Waals surface area contributed by atoms with Crippen LogP contribution in [0.2, 0.25) is 0 Å². The molecule has 1 aliphatic heterocycles. The zero-order chi connectivity index (χ0) is 18.3. The number of aryl methyl sites for hydroxylation is 2. The van der Waals surface area contributed by atoms with Crippen LogP contribution in [0.25, 0.3) is 10.2 Å². The summed E-state index contributed by atoms with van der Waals surface area (Å²) in [5, 5.41) is 1.01. The molecule has 1 fully saturated rings. The molecule has 0 bridgehead atoms. The second kappa shape index (κ2) is 6.77. The van der Waals surface area contributed by atoms with Crippen molar-refractivity contribution >= 4 is 33.3 Å². The van der Waals surface area contributed by atoms with Crippen molar-refractivity contribution in [2.45, 2.75) is 26.8 Å². The molecule has 0 saturated carbocycles. The van der Waals surface area contributed by atoms with E-state index in [4.69, 9.17) is 10.7 Å². The van der Waals surface area contributed by atoms with Crippen LogP contribution in [0, 0.1) is 13.8 Å². The fourth-order valence-corrected chi connectivity index (χ4v) is 4.46. The van der Waals surface area contributed by atoms with Crippen molar-refractivity contribution in [2.24, 2.45) is 0 Å². The molecule has 3 aromatic heterocycles. The number of nitrogens with two attached hydrogens (primary N) is 1. The van der Waals surface area contributed by atoms with Gasteiger partial charge in [0.15, 0.2) is 0 Å². The van der Waals surface area contributed by atoms with Crippen LogP contribution >= 0.6 is 11.3 Å². The highest BCUT2D eigenvalue weighted by Gasteiger charge is 2.26. The largest absolute Gasteiger partial charge is 0.383 e. The van der Waals surface area contributed by atoms with Gasteiger partial charge >= 0.3 is 0 Å². The van der Waals surface area contributed by atoms with Gasteiger partial charge in [-0.05, 0) is 32.4 Å². The second-order valence-corrected chi connectivity index (χ2v) is 7.88. The first-order valence-electron chi connectivity index (χ1n) is 8.83.